The van der Waals surface area contributed by atoms with Crippen molar-refractivity contribution in [3.05, 3.63) is 47.0 Å². The highest BCUT2D eigenvalue weighted by Crippen LogP contribution is 2.47. The van der Waals surface area contributed by atoms with Crippen LogP contribution in [0.2, 0.25) is 0 Å². The molecule has 0 atom stereocenters. The normalized spacial score (nSPS) is 19.2. The van der Waals surface area contributed by atoms with Crippen molar-refractivity contribution in [2.45, 2.75) is 51.4 Å². The minimum absolute atomic E-state index is 0.102. The predicted octanol–water partition coefficient (Wildman–Crippen LogP) is 4.89. The Labute approximate surface area is 125 Å². The average Bonchev–Trinajstić information content (AvgIpc) is 2.42. The molecule has 0 aromatic heterocycles. The summed E-state index contributed by atoms with van der Waals surface area (Å²) in [4.78, 5) is 11.5. The van der Waals surface area contributed by atoms with Gasteiger partial charge in [0.15, 0.2) is 0 Å². The van der Waals surface area contributed by atoms with Gasteiger partial charge in [-0.15, -0.1) is 0 Å². The van der Waals surface area contributed by atoms with E-state index in [1.54, 1.807) is 6.07 Å². The van der Waals surface area contributed by atoms with Gasteiger partial charge in [-0.05, 0) is 57.7 Å². The molecule has 0 saturated heterocycles. The SMILES string of the molecule is CC1(C)CCC(C)(C)c2cc3c(C(=O)O)cccc3cc21. The highest BCUT2D eigenvalue weighted by Gasteiger charge is 2.37. The Bertz CT molecular complexity index is 739. The second-order valence-corrected chi connectivity index (χ2v) is 7.50. The van der Waals surface area contributed by atoms with E-state index in [9.17, 15) is 9.90 Å². The summed E-state index contributed by atoms with van der Waals surface area (Å²) in [5, 5.41) is 11.3. The maximum absolute atomic E-state index is 11.5. The standard InChI is InChI=1S/C19H22O2/c1-18(2)8-9-19(3,4)16-11-14-12(10-15(16)18)6-5-7-13(14)17(20)21/h5-7,10-11H,8-9H2,1-4H3,(H,20,21). The molecule has 0 amide bonds. The highest BCUT2D eigenvalue weighted by atomic mass is 16.4. The largest absolute Gasteiger partial charge is 0.478 e. The van der Waals surface area contributed by atoms with Crippen LogP contribution < -0.4 is 0 Å². The Morgan fingerprint density at radius 1 is 1.00 bits per heavy atom. The third-order valence-corrected chi connectivity index (χ3v) is 5.08. The third kappa shape index (κ3) is 2.14. The third-order valence-electron chi connectivity index (χ3n) is 5.08. The van der Waals surface area contributed by atoms with E-state index in [0.29, 0.717) is 5.56 Å². The van der Waals surface area contributed by atoms with E-state index < -0.39 is 5.97 Å². The summed E-state index contributed by atoms with van der Waals surface area (Å²) < 4.78 is 0. The molecule has 0 fully saturated rings. The maximum atomic E-state index is 11.5. The first-order chi connectivity index (χ1) is 9.72. The minimum Gasteiger partial charge on any atom is -0.478 e. The Balaban J connectivity index is 2.39. The smallest absolute Gasteiger partial charge is 0.336 e. The molecule has 1 aliphatic rings. The van der Waals surface area contributed by atoms with Gasteiger partial charge < -0.3 is 5.11 Å². The van der Waals surface area contributed by atoms with Gasteiger partial charge in [-0.25, -0.2) is 4.79 Å². The van der Waals surface area contributed by atoms with E-state index in [0.717, 1.165) is 23.6 Å². The number of rotatable bonds is 1. The van der Waals surface area contributed by atoms with Gasteiger partial charge in [0.2, 0.25) is 0 Å². The highest BCUT2D eigenvalue weighted by molar-refractivity contribution is 6.04. The van der Waals surface area contributed by atoms with Crippen LogP contribution >= 0.6 is 0 Å². The number of hydrogen-bond acceptors (Lipinski definition) is 1. The topological polar surface area (TPSA) is 37.3 Å². The molecule has 21 heavy (non-hydrogen) atoms. The molecule has 0 bridgehead atoms. The second-order valence-electron chi connectivity index (χ2n) is 7.50. The fraction of sp³-hybridized carbons (Fsp3) is 0.421. The first kappa shape index (κ1) is 14.1. The fourth-order valence-corrected chi connectivity index (χ4v) is 3.53. The molecule has 0 spiro atoms. The van der Waals surface area contributed by atoms with Crippen LogP contribution in [0.25, 0.3) is 10.8 Å². The van der Waals surface area contributed by atoms with Gasteiger partial charge in [-0.1, -0.05) is 45.9 Å². The van der Waals surface area contributed by atoms with Crippen molar-refractivity contribution >= 4 is 16.7 Å². The average molecular weight is 282 g/mol. The fourth-order valence-electron chi connectivity index (χ4n) is 3.53. The van der Waals surface area contributed by atoms with E-state index in [2.05, 4.69) is 39.8 Å². The van der Waals surface area contributed by atoms with Gasteiger partial charge in [0.05, 0.1) is 5.56 Å². The van der Waals surface area contributed by atoms with Crippen molar-refractivity contribution in [2.24, 2.45) is 0 Å². The first-order valence-electron chi connectivity index (χ1n) is 7.53. The summed E-state index contributed by atoms with van der Waals surface area (Å²) in [6.45, 7) is 9.09. The molecule has 2 aromatic carbocycles. The van der Waals surface area contributed by atoms with Crippen LogP contribution in [-0.4, -0.2) is 11.1 Å². The van der Waals surface area contributed by atoms with Crippen molar-refractivity contribution in [1.82, 2.24) is 0 Å². The number of fused-ring (bicyclic) bond motifs is 2. The van der Waals surface area contributed by atoms with Gasteiger partial charge in [0.1, 0.15) is 0 Å². The number of carbonyl (C=O) groups is 1. The summed E-state index contributed by atoms with van der Waals surface area (Å²) in [7, 11) is 0. The Morgan fingerprint density at radius 3 is 2.14 bits per heavy atom. The minimum atomic E-state index is -0.853. The zero-order valence-corrected chi connectivity index (χ0v) is 13.2. The molecule has 0 aliphatic heterocycles. The number of aromatic carboxylic acids is 1. The van der Waals surface area contributed by atoms with Crippen LogP contribution in [0.3, 0.4) is 0 Å². The van der Waals surface area contributed by atoms with Gasteiger partial charge >= 0.3 is 5.97 Å². The number of carboxylic acid groups (broad SMARTS) is 1. The summed E-state index contributed by atoms with van der Waals surface area (Å²) in [5.41, 5.74) is 3.33. The molecule has 110 valence electrons. The lowest BCUT2D eigenvalue weighted by atomic mass is 9.62. The van der Waals surface area contributed by atoms with Gasteiger partial charge in [0.25, 0.3) is 0 Å². The van der Waals surface area contributed by atoms with Crippen LogP contribution in [0.15, 0.2) is 30.3 Å². The van der Waals surface area contributed by atoms with Gasteiger partial charge in [0, 0.05) is 0 Å². The number of carboxylic acids is 1. The first-order valence-corrected chi connectivity index (χ1v) is 7.53. The van der Waals surface area contributed by atoms with E-state index in [-0.39, 0.29) is 10.8 Å². The molecule has 0 heterocycles. The molecule has 0 radical (unpaired) electrons. The molecular weight excluding hydrogens is 260 g/mol. The summed E-state index contributed by atoms with van der Waals surface area (Å²) >= 11 is 0. The lowest BCUT2D eigenvalue weighted by Gasteiger charge is -2.42. The van der Waals surface area contributed by atoms with Gasteiger partial charge in [-0.2, -0.15) is 0 Å². The quantitative estimate of drug-likeness (QED) is 0.808. The lowest BCUT2D eigenvalue weighted by Crippen LogP contribution is -2.33. The zero-order chi connectivity index (χ0) is 15.4. The van der Waals surface area contributed by atoms with Crippen molar-refractivity contribution < 1.29 is 9.90 Å². The van der Waals surface area contributed by atoms with Crippen LogP contribution in [-0.2, 0) is 10.8 Å². The van der Waals surface area contributed by atoms with Gasteiger partial charge in [-0.3, -0.25) is 0 Å². The van der Waals surface area contributed by atoms with E-state index in [1.807, 2.05) is 12.1 Å². The predicted molar refractivity (Wildman–Crippen MR) is 86.2 cm³/mol. The van der Waals surface area contributed by atoms with Crippen molar-refractivity contribution in [2.75, 3.05) is 0 Å². The van der Waals surface area contributed by atoms with E-state index in [1.165, 1.54) is 11.1 Å². The molecule has 2 nitrogen and oxygen atoms in total. The molecule has 1 aliphatic carbocycles. The zero-order valence-electron chi connectivity index (χ0n) is 13.2. The maximum Gasteiger partial charge on any atom is 0.336 e. The van der Waals surface area contributed by atoms with E-state index >= 15 is 0 Å². The number of benzene rings is 2. The molecular formula is C19H22O2. The summed E-state index contributed by atoms with van der Waals surface area (Å²) in [6.07, 6.45) is 2.30. The van der Waals surface area contributed by atoms with Crippen LogP contribution in [0, 0.1) is 0 Å². The number of hydrogen-bond donors (Lipinski definition) is 1. The Hall–Kier alpha value is -1.83. The monoisotopic (exact) mass is 282 g/mol. The lowest BCUT2D eigenvalue weighted by molar-refractivity contribution is 0.0699. The second kappa shape index (κ2) is 4.33. The molecule has 0 unspecified atom stereocenters. The summed E-state index contributed by atoms with van der Waals surface area (Å²) in [6, 6.07) is 9.87. The molecule has 1 N–H and O–H groups in total. The van der Waals surface area contributed by atoms with Crippen LogP contribution in [0.4, 0.5) is 0 Å². The van der Waals surface area contributed by atoms with Crippen molar-refractivity contribution in [1.29, 1.82) is 0 Å². The Kier molecular flexibility index (Phi) is 2.91. The van der Waals surface area contributed by atoms with Crippen molar-refractivity contribution in [3.8, 4) is 0 Å². The molecule has 2 aromatic rings. The Morgan fingerprint density at radius 2 is 1.57 bits per heavy atom. The van der Waals surface area contributed by atoms with Crippen LogP contribution in [0.5, 0.6) is 0 Å². The molecule has 0 saturated carbocycles. The van der Waals surface area contributed by atoms with Crippen LogP contribution in [0.1, 0.15) is 62.0 Å². The molecule has 3 rings (SSSR count). The summed E-state index contributed by atoms with van der Waals surface area (Å²) in [5.74, 6) is -0.853. The van der Waals surface area contributed by atoms with E-state index in [4.69, 9.17) is 0 Å². The molecule has 2 heteroatoms. The van der Waals surface area contributed by atoms with Crippen molar-refractivity contribution in [3.63, 3.8) is 0 Å².